The molecule has 1 aromatic heterocycles. The lowest BCUT2D eigenvalue weighted by Crippen LogP contribution is -2.04. The van der Waals surface area contributed by atoms with Crippen LogP contribution in [0.5, 0.6) is 0 Å². The van der Waals surface area contributed by atoms with E-state index in [0.717, 1.165) is 15.6 Å². The van der Waals surface area contributed by atoms with Gasteiger partial charge in [0.05, 0.1) is 0 Å². The van der Waals surface area contributed by atoms with E-state index in [1.54, 1.807) is 0 Å². The maximum atomic E-state index is 6.33. The van der Waals surface area contributed by atoms with Gasteiger partial charge in [-0.3, -0.25) is 0 Å². The lowest BCUT2D eigenvalue weighted by Gasteiger charge is -2.22. The largest absolute Gasteiger partial charge is 0.455 e. The summed E-state index contributed by atoms with van der Waals surface area (Å²) in [4.78, 5) is 0. The molecule has 0 unspecified atom stereocenters. The maximum Gasteiger partial charge on any atom is 0.143 e. The van der Waals surface area contributed by atoms with Crippen molar-refractivity contribution in [3.63, 3.8) is 0 Å². The minimum Gasteiger partial charge on any atom is -0.455 e. The van der Waals surface area contributed by atoms with E-state index in [9.17, 15) is 0 Å². The smallest absolute Gasteiger partial charge is 0.143 e. The number of furan rings is 1. The Morgan fingerprint density at radius 3 is 2.46 bits per heavy atom. The zero-order valence-corrected chi connectivity index (χ0v) is 15.1. The SMILES string of the molecule is Brc1cc2c(oc3cccc(C4CCCCC4)c32)c2ccccc12. The molecule has 1 fully saturated rings. The van der Waals surface area contributed by atoms with Crippen molar-refractivity contribution >= 4 is 48.6 Å². The molecule has 1 saturated carbocycles. The Kier molecular flexibility index (Phi) is 3.41. The first-order valence-electron chi connectivity index (χ1n) is 8.85. The highest BCUT2D eigenvalue weighted by Gasteiger charge is 2.21. The highest BCUT2D eigenvalue weighted by molar-refractivity contribution is 9.10. The Labute approximate surface area is 149 Å². The van der Waals surface area contributed by atoms with E-state index in [0.29, 0.717) is 5.92 Å². The van der Waals surface area contributed by atoms with Gasteiger partial charge in [-0.05, 0) is 41.8 Å². The molecular weight excluding hydrogens is 360 g/mol. The molecule has 0 N–H and O–H groups in total. The molecule has 1 aliphatic rings. The second kappa shape index (κ2) is 5.63. The number of benzene rings is 3. The van der Waals surface area contributed by atoms with Gasteiger partial charge in [0, 0.05) is 20.6 Å². The number of halogens is 1. The third-order valence-corrected chi connectivity index (χ3v) is 6.19. The average molecular weight is 379 g/mol. The van der Waals surface area contributed by atoms with Crippen LogP contribution in [0.3, 0.4) is 0 Å². The molecule has 1 heterocycles. The molecule has 2 heteroatoms. The first kappa shape index (κ1) is 14.5. The Balaban J connectivity index is 1.88. The lowest BCUT2D eigenvalue weighted by molar-refractivity contribution is 0.445. The summed E-state index contributed by atoms with van der Waals surface area (Å²) < 4.78 is 7.48. The van der Waals surface area contributed by atoms with Crippen LogP contribution in [0.2, 0.25) is 0 Å². The molecule has 24 heavy (non-hydrogen) atoms. The normalized spacial score (nSPS) is 16.4. The summed E-state index contributed by atoms with van der Waals surface area (Å²) in [7, 11) is 0. The summed E-state index contributed by atoms with van der Waals surface area (Å²) >= 11 is 3.77. The van der Waals surface area contributed by atoms with Gasteiger partial charge in [-0.15, -0.1) is 0 Å². The van der Waals surface area contributed by atoms with Gasteiger partial charge in [-0.1, -0.05) is 71.6 Å². The summed E-state index contributed by atoms with van der Waals surface area (Å²) in [5.74, 6) is 0.675. The van der Waals surface area contributed by atoms with Gasteiger partial charge in [0.1, 0.15) is 11.2 Å². The van der Waals surface area contributed by atoms with Gasteiger partial charge in [0.15, 0.2) is 0 Å². The van der Waals surface area contributed by atoms with Crippen molar-refractivity contribution in [2.75, 3.05) is 0 Å². The molecule has 5 rings (SSSR count). The third-order valence-electron chi connectivity index (χ3n) is 5.53. The fraction of sp³-hybridized carbons (Fsp3) is 0.273. The van der Waals surface area contributed by atoms with E-state index in [2.05, 4.69) is 64.5 Å². The van der Waals surface area contributed by atoms with Crippen molar-refractivity contribution in [2.24, 2.45) is 0 Å². The van der Waals surface area contributed by atoms with Crippen molar-refractivity contribution in [1.29, 1.82) is 0 Å². The summed E-state index contributed by atoms with van der Waals surface area (Å²) in [5, 5.41) is 4.97. The number of fused-ring (bicyclic) bond motifs is 5. The molecule has 0 saturated heterocycles. The van der Waals surface area contributed by atoms with E-state index >= 15 is 0 Å². The minimum atomic E-state index is 0.675. The minimum absolute atomic E-state index is 0.675. The maximum absolute atomic E-state index is 6.33. The van der Waals surface area contributed by atoms with Crippen molar-refractivity contribution in [3.05, 3.63) is 58.6 Å². The van der Waals surface area contributed by atoms with E-state index in [4.69, 9.17) is 4.42 Å². The van der Waals surface area contributed by atoms with E-state index in [-0.39, 0.29) is 0 Å². The molecule has 0 amide bonds. The number of hydrogen-bond donors (Lipinski definition) is 0. The van der Waals surface area contributed by atoms with Crippen molar-refractivity contribution in [1.82, 2.24) is 0 Å². The van der Waals surface area contributed by atoms with E-state index in [1.807, 2.05) is 0 Å². The van der Waals surface area contributed by atoms with Gasteiger partial charge in [-0.25, -0.2) is 0 Å². The molecule has 0 spiro atoms. The van der Waals surface area contributed by atoms with Crippen LogP contribution in [0, 0.1) is 0 Å². The molecule has 1 aliphatic carbocycles. The molecule has 1 nitrogen and oxygen atoms in total. The van der Waals surface area contributed by atoms with Gasteiger partial charge < -0.3 is 4.42 Å². The number of rotatable bonds is 1. The molecule has 0 radical (unpaired) electrons. The summed E-state index contributed by atoms with van der Waals surface area (Å²) in [6.45, 7) is 0. The monoisotopic (exact) mass is 378 g/mol. The van der Waals surface area contributed by atoms with Crippen LogP contribution in [0.15, 0.2) is 57.4 Å². The molecule has 0 atom stereocenters. The van der Waals surface area contributed by atoms with Crippen molar-refractivity contribution < 1.29 is 4.42 Å². The van der Waals surface area contributed by atoms with Gasteiger partial charge in [-0.2, -0.15) is 0 Å². The summed E-state index contributed by atoms with van der Waals surface area (Å²) in [5.41, 5.74) is 3.52. The molecule has 4 aromatic rings. The standard InChI is InChI=1S/C22H19BrO/c23-19-13-18-21-15(14-7-2-1-3-8-14)11-6-12-20(21)24-22(18)17-10-5-4-9-16(17)19/h4-6,9-14H,1-3,7-8H2. The van der Waals surface area contributed by atoms with E-state index in [1.165, 1.54) is 59.2 Å². The van der Waals surface area contributed by atoms with Crippen LogP contribution >= 0.6 is 15.9 Å². The number of hydrogen-bond acceptors (Lipinski definition) is 1. The third kappa shape index (κ3) is 2.12. The molecule has 0 bridgehead atoms. The Morgan fingerprint density at radius 1 is 0.833 bits per heavy atom. The van der Waals surface area contributed by atoms with Crippen LogP contribution in [0.25, 0.3) is 32.7 Å². The Hall–Kier alpha value is -1.80. The predicted octanol–water partition coefficient (Wildman–Crippen LogP) is 7.55. The summed E-state index contributed by atoms with van der Waals surface area (Å²) in [6.07, 6.45) is 6.70. The van der Waals surface area contributed by atoms with Gasteiger partial charge in [0.2, 0.25) is 0 Å². The molecule has 120 valence electrons. The van der Waals surface area contributed by atoms with Crippen molar-refractivity contribution in [2.45, 2.75) is 38.0 Å². The Bertz CT molecular complexity index is 1050. The second-order valence-electron chi connectivity index (χ2n) is 6.94. The predicted molar refractivity (Wildman–Crippen MR) is 105 cm³/mol. The van der Waals surface area contributed by atoms with Crippen LogP contribution in [0.1, 0.15) is 43.6 Å². The molecule has 0 aliphatic heterocycles. The lowest BCUT2D eigenvalue weighted by atomic mass is 9.82. The quantitative estimate of drug-likeness (QED) is 0.333. The van der Waals surface area contributed by atoms with Crippen LogP contribution in [0.4, 0.5) is 0 Å². The van der Waals surface area contributed by atoms with E-state index < -0.39 is 0 Å². The highest BCUT2D eigenvalue weighted by atomic mass is 79.9. The molecular formula is C22H19BrO. The fourth-order valence-corrected chi connectivity index (χ4v) is 4.96. The zero-order valence-electron chi connectivity index (χ0n) is 13.5. The van der Waals surface area contributed by atoms with Crippen molar-refractivity contribution in [3.8, 4) is 0 Å². The van der Waals surface area contributed by atoms with Gasteiger partial charge in [0.25, 0.3) is 0 Å². The average Bonchev–Trinajstić information content (AvgIpc) is 3.02. The van der Waals surface area contributed by atoms with Crippen LogP contribution in [-0.2, 0) is 0 Å². The zero-order chi connectivity index (χ0) is 16.1. The fourth-order valence-electron chi connectivity index (χ4n) is 4.39. The Morgan fingerprint density at radius 2 is 1.62 bits per heavy atom. The highest BCUT2D eigenvalue weighted by Crippen LogP contribution is 2.43. The van der Waals surface area contributed by atoms with Crippen LogP contribution < -0.4 is 0 Å². The van der Waals surface area contributed by atoms with Crippen LogP contribution in [-0.4, -0.2) is 0 Å². The summed E-state index contributed by atoms with van der Waals surface area (Å²) in [6, 6.07) is 17.3. The molecule has 3 aromatic carbocycles. The first-order chi connectivity index (χ1) is 11.8. The van der Waals surface area contributed by atoms with Gasteiger partial charge >= 0.3 is 0 Å². The first-order valence-corrected chi connectivity index (χ1v) is 9.64. The topological polar surface area (TPSA) is 13.1 Å². The second-order valence-corrected chi connectivity index (χ2v) is 7.79.